The van der Waals surface area contributed by atoms with Crippen LogP contribution in [0.2, 0.25) is 0 Å². The number of hydrogen-bond acceptors (Lipinski definition) is 2. The van der Waals surface area contributed by atoms with E-state index in [4.69, 9.17) is 0 Å². The summed E-state index contributed by atoms with van der Waals surface area (Å²) in [6.45, 7) is 7.11. The zero-order valence-electron chi connectivity index (χ0n) is 8.31. The average molecular weight is 187 g/mol. The average Bonchev–Trinajstić information content (AvgIpc) is 2.16. The number of rotatable bonds is 4. The van der Waals surface area contributed by atoms with Crippen molar-refractivity contribution in [3.8, 4) is 0 Å². The van der Waals surface area contributed by atoms with E-state index in [0.717, 1.165) is 11.2 Å². The van der Waals surface area contributed by atoms with Crippen LogP contribution in [0.15, 0.2) is 0 Å². The van der Waals surface area contributed by atoms with E-state index in [0.29, 0.717) is 0 Å². The van der Waals surface area contributed by atoms with Gasteiger partial charge in [-0.25, -0.2) is 0 Å². The van der Waals surface area contributed by atoms with Gasteiger partial charge in [0.25, 0.3) is 0 Å². The van der Waals surface area contributed by atoms with Gasteiger partial charge >= 0.3 is 0 Å². The third-order valence-corrected chi connectivity index (χ3v) is 4.20. The van der Waals surface area contributed by atoms with Crippen molar-refractivity contribution >= 4 is 11.8 Å². The molecule has 1 heterocycles. The molecule has 1 aliphatic rings. The molecule has 0 amide bonds. The normalized spacial score (nSPS) is 27.0. The first-order chi connectivity index (χ1) is 5.83. The molecule has 0 aromatic carbocycles. The molecule has 2 unspecified atom stereocenters. The van der Waals surface area contributed by atoms with Crippen LogP contribution in [0.5, 0.6) is 0 Å². The molecule has 0 radical (unpaired) electrons. The highest BCUT2D eigenvalue weighted by Gasteiger charge is 2.13. The predicted octanol–water partition coefficient (Wildman–Crippen LogP) is 2.52. The molecular formula is C10H21NS. The second kappa shape index (κ2) is 5.87. The summed E-state index contributed by atoms with van der Waals surface area (Å²) in [4.78, 5) is 0. The lowest BCUT2D eigenvalue weighted by Gasteiger charge is -2.23. The van der Waals surface area contributed by atoms with Gasteiger partial charge in [0.1, 0.15) is 0 Å². The molecule has 0 aromatic heterocycles. The number of hydrogen-bond donors (Lipinski definition) is 1. The number of nitrogens with one attached hydrogen (secondary N) is 1. The lowest BCUT2D eigenvalue weighted by molar-refractivity contribution is 0.529. The summed E-state index contributed by atoms with van der Waals surface area (Å²) in [5.41, 5.74) is 0. The zero-order chi connectivity index (χ0) is 8.81. The highest BCUT2D eigenvalue weighted by molar-refractivity contribution is 7.99. The predicted molar refractivity (Wildman–Crippen MR) is 57.8 cm³/mol. The molecule has 12 heavy (non-hydrogen) atoms. The monoisotopic (exact) mass is 187 g/mol. The molecule has 1 rings (SSSR count). The second-order valence-electron chi connectivity index (χ2n) is 3.82. The molecule has 0 bridgehead atoms. The summed E-state index contributed by atoms with van der Waals surface area (Å²) in [7, 11) is 0. The Morgan fingerprint density at radius 1 is 1.58 bits per heavy atom. The Hall–Kier alpha value is 0.310. The first kappa shape index (κ1) is 10.4. The van der Waals surface area contributed by atoms with Crippen molar-refractivity contribution in [2.45, 2.75) is 38.4 Å². The molecule has 2 atom stereocenters. The fourth-order valence-corrected chi connectivity index (χ4v) is 2.79. The molecular weight excluding hydrogens is 166 g/mol. The standard InChI is InChI=1S/C10H21NS/c1-3-9(2)8-12-10-5-4-6-11-7-10/h9-11H,3-8H2,1-2H3. The van der Waals surface area contributed by atoms with Gasteiger partial charge in [-0.05, 0) is 31.1 Å². The van der Waals surface area contributed by atoms with Crippen molar-refractivity contribution in [3.05, 3.63) is 0 Å². The Kier molecular flexibility index (Phi) is 5.08. The quantitative estimate of drug-likeness (QED) is 0.726. The number of thioether (sulfide) groups is 1. The van der Waals surface area contributed by atoms with E-state index in [2.05, 4.69) is 30.9 Å². The molecule has 0 aromatic rings. The minimum atomic E-state index is 0.896. The van der Waals surface area contributed by atoms with Crippen molar-refractivity contribution in [2.75, 3.05) is 18.8 Å². The fraction of sp³-hybridized carbons (Fsp3) is 1.00. The van der Waals surface area contributed by atoms with Gasteiger partial charge in [-0.2, -0.15) is 11.8 Å². The Bertz CT molecular complexity index is 110. The molecule has 1 N–H and O–H groups in total. The first-order valence-electron chi connectivity index (χ1n) is 5.15. The molecule has 1 saturated heterocycles. The Labute approximate surface area is 80.7 Å². The lowest BCUT2D eigenvalue weighted by Crippen LogP contribution is -2.32. The van der Waals surface area contributed by atoms with E-state index in [-0.39, 0.29) is 0 Å². The van der Waals surface area contributed by atoms with Crippen LogP contribution in [-0.4, -0.2) is 24.1 Å². The van der Waals surface area contributed by atoms with Crippen LogP contribution in [0.4, 0.5) is 0 Å². The van der Waals surface area contributed by atoms with Crippen LogP contribution in [0.25, 0.3) is 0 Å². The van der Waals surface area contributed by atoms with Crippen LogP contribution < -0.4 is 5.32 Å². The Balaban J connectivity index is 2.05. The summed E-state index contributed by atoms with van der Waals surface area (Å²) >= 11 is 2.17. The maximum Gasteiger partial charge on any atom is 0.0173 e. The summed E-state index contributed by atoms with van der Waals surface area (Å²) < 4.78 is 0. The summed E-state index contributed by atoms with van der Waals surface area (Å²) in [5.74, 6) is 2.25. The molecule has 2 heteroatoms. The maximum absolute atomic E-state index is 3.46. The third-order valence-electron chi connectivity index (χ3n) is 2.57. The topological polar surface area (TPSA) is 12.0 Å². The molecule has 1 nitrogen and oxygen atoms in total. The van der Waals surface area contributed by atoms with Crippen LogP contribution in [0.3, 0.4) is 0 Å². The van der Waals surface area contributed by atoms with E-state index >= 15 is 0 Å². The van der Waals surface area contributed by atoms with E-state index in [1.165, 1.54) is 38.1 Å². The van der Waals surface area contributed by atoms with E-state index < -0.39 is 0 Å². The van der Waals surface area contributed by atoms with Crippen molar-refractivity contribution in [1.29, 1.82) is 0 Å². The van der Waals surface area contributed by atoms with Gasteiger partial charge in [-0.15, -0.1) is 0 Å². The summed E-state index contributed by atoms with van der Waals surface area (Å²) in [6, 6.07) is 0. The van der Waals surface area contributed by atoms with Crippen LogP contribution >= 0.6 is 11.8 Å². The minimum Gasteiger partial charge on any atom is -0.316 e. The Morgan fingerprint density at radius 3 is 3.00 bits per heavy atom. The maximum atomic E-state index is 3.46. The largest absolute Gasteiger partial charge is 0.316 e. The SMILES string of the molecule is CCC(C)CSC1CCCNC1. The van der Waals surface area contributed by atoms with E-state index in [1.807, 2.05) is 0 Å². The highest BCUT2D eigenvalue weighted by atomic mass is 32.2. The highest BCUT2D eigenvalue weighted by Crippen LogP contribution is 2.21. The fourth-order valence-electron chi connectivity index (χ4n) is 1.38. The molecule has 1 fully saturated rings. The van der Waals surface area contributed by atoms with Crippen LogP contribution in [-0.2, 0) is 0 Å². The zero-order valence-corrected chi connectivity index (χ0v) is 9.12. The second-order valence-corrected chi connectivity index (χ2v) is 5.15. The smallest absolute Gasteiger partial charge is 0.0173 e. The van der Waals surface area contributed by atoms with E-state index in [1.54, 1.807) is 0 Å². The van der Waals surface area contributed by atoms with Crippen molar-refractivity contribution in [3.63, 3.8) is 0 Å². The molecule has 0 spiro atoms. The van der Waals surface area contributed by atoms with Crippen molar-refractivity contribution in [1.82, 2.24) is 5.32 Å². The Morgan fingerprint density at radius 2 is 2.42 bits per heavy atom. The number of piperidine rings is 1. The van der Waals surface area contributed by atoms with Gasteiger partial charge in [-0.3, -0.25) is 0 Å². The van der Waals surface area contributed by atoms with Gasteiger partial charge < -0.3 is 5.32 Å². The molecule has 72 valence electrons. The van der Waals surface area contributed by atoms with Crippen molar-refractivity contribution < 1.29 is 0 Å². The van der Waals surface area contributed by atoms with Gasteiger partial charge in [0.15, 0.2) is 0 Å². The minimum absolute atomic E-state index is 0.896. The van der Waals surface area contributed by atoms with Crippen LogP contribution in [0, 0.1) is 5.92 Å². The van der Waals surface area contributed by atoms with Gasteiger partial charge in [0.2, 0.25) is 0 Å². The van der Waals surface area contributed by atoms with Gasteiger partial charge in [-0.1, -0.05) is 20.3 Å². The lowest BCUT2D eigenvalue weighted by atomic mass is 10.2. The molecule has 1 aliphatic heterocycles. The first-order valence-corrected chi connectivity index (χ1v) is 6.20. The summed E-state index contributed by atoms with van der Waals surface area (Å²) in [5, 5.41) is 4.35. The molecule has 0 saturated carbocycles. The van der Waals surface area contributed by atoms with Crippen LogP contribution in [0.1, 0.15) is 33.1 Å². The van der Waals surface area contributed by atoms with E-state index in [9.17, 15) is 0 Å². The van der Waals surface area contributed by atoms with Gasteiger partial charge in [0, 0.05) is 11.8 Å². The third kappa shape index (κ3) is 3.81. The van der Waals surface area contributed by atoms with Crippen molar-refractivity contribution in [2.24, 2.45) is 5.92 Å². The summed E-state index contributed by atoms with van der Waals surface area (Å²) in [6.07, 6.45) is 4.12. The molecule has 0 aliphatic carbocycles. The van der Waals surface area contributed by atoms with Gasteiger partial charge in [0.05, 0.1) is 0 Å².